The van der Waals surface area contributed by atoms with Crippen LogP contribution in [-0.4, -0.2) is 78.0 Å². The quantitative estimate of drug-likeness (QED) is 0.524. The molecule has 5 rings (SSSR count). The lowest BCUT2D eigenvalue weighted by Gasteiger charge is -2.33. The third-order valence-corrected chi connectivity index (χ3v) is 6.29. The van der Waals surface area contributed by atoms with Crippen LogP contribution in [0.2, 0.25) is 0 Å². The highest BCUT2D eigenvalue weighted by Gasteiger charge is 2.15. The summed E-state index contributed by atoms with van der Waals surface area (Å²) in [5.41, 5.74) is 6.64. The maximum Gasteiger partial charge on any atom is 0.253 e. The number of aromatic amines is 1. The molecule has 0 bridgehead atoms. The zero-order valence-electron chi connectivity index (χ0n) is 19.2. The largest absolute Gasteiger partial charge is 0.368 e. The maximum atomic E-state index is 12.2. The normalized spacial score (nSPS) is 14.6. The van der Waals surface area contributed by atoms with Crippen LogP contribution < -0.4 is 4.90 Å². The number of anilines is 1. The summed E-state index contributed by atoms with van der Waals surface area (Å²) >= 11 is 0. The van der Waals surface area contributed by atoms with Gasteiger partial charge >= 0.3 is 0 Å². The predicted molar refractivity (Wildman–Crippen MR) is 132 cm³/mol. The monoisotopic (exact) mass is 440 g/mol. The van der Waals surface area contributed by atoms with Crippen molar-refractivity contribution in [1.82, 2.24) is 24.8 Å². The summed E-state index contributed by atoms with van der Waals surface area (Å²) in [6.07, 6.45) is 5.79. The number of amides is 1. The summed E-state index contributed by atoms with van der Waals surface area (Å²) in [5.74, 6) is -0.00414. The van der Waals surface area contributed by atoms with Gasteiger partial charge in [0.2, 0.25) is 0 Å². The second kappa shape index (κ2) is 8.67. The van der Waals surface area contributed by atoms with Gasteiger partial charge in [-0.25, -0.2) is 4.98 Å². The first-order valence-electron chi connectivity index (χ1n) is 11.2. The smallest absolute Gasteiger partial charge is 0.253 e. The van der Waals surface area contributed by atoms with Crippen molar-refractivity contribution in [3.05, 3.63) is 66.6 Å². The SMILES string of the molecule is CN1CCN(c2ccc(-c3cnc4[nH]cc(-c5ccc(C(=O)N(C)C)cc5)c4c3)nc2)CC1. The number of hydrogen-bond donors (Lipinski definition) is 1. The lowest BCUT2D eigenvalue weighted by molar-refractivity contribution is 0.0827. The number of nitrogens with zero attached hydrogens (tertiary/aromatic N) is 5. The van der Waals surface area contributed by atoms with E-state index in [1.165, 1.54) is 0 Å². The second-order valence-electron chi connectivity index (χ2n) is 8.79. The summed E-state index contributed by atoms with van der Waals surface area (Å²) in [7, 11) is 5.68. The zero-order chi connectivity index (χ0) is 22.9. The summed E-state index contributed by atoms with van der Waals surface area (Å²) in [6, 6.07) is 14.1. The molecule has 3 aromatic heterocycles. The Labute approximate surface area is 193 Å². The fourth-order valence-electron chi connectivity index (χ4n) is 4.24. The molecule has 0 unspecified atom stereocenters. The van der Waals surface area contributed by atoms with Crippen LogP contribution in [0.3, 0.4) is 0 Å². The first kappa shape index (κ1) is 21.2. The van der Waals surface area contributed by atoms with Gasteiger partial charge in [0.1, 0.15) is 5.65 Å². The van der Waals surface area contributed by atoms with Crippen LogP contribution in [0.1, 0.15) is 10.4 Å². The topological polar surface area (TPSA) is 68.4 Å². The van der Waals surface area contributed by atoms with E-state index >= 15 is 0 Å². The molecule has 0 saturated carbocycles. The molecular formula is C26H28N6O. The van der Waals surface area contributed by atoms with Crippen molar-refractivity contribution < 1.29 is 4.79 Å². The van der Waals surface area contributed by atoms with E-state index in [0.29, 0.717) is 5.56 Å². The molecule has 33 heavy (non-hydrogen) atoms. The highest BCUT2D eigenvalue weighted by Crippen LogP contribution is 2.31. The Hall–Kier alpha value is -3.71. The number of benzene rings is 1. The Balaban J connectivity index is 1.42. The van der Waals surface area contributed by atoms with Crippen molar-refractivity contribution in [2.24, 2.45) is 0 Å². The molecule has 7 nitrogen and oxygen atoms in total. The molecule has 1 aromatic carbocycles. The van der Waals surface area contributed by atoms with Gasteiger partial charge in [-0.1, -0.05) is 12.1 Å². The number of aromatic nitrogens is 3. The molecule has 4 heterocycles. The summed E-state index contributed by atoms with van der Waals surface area (Å²) < 4.78 is 0. The van der Waals surface area contributed by atoms with Crippen LogP contribution in [0, 0.1) is 0 Å². The molecule has 1 saturated heterocycles. The van der Waals surface area contributed by atoms with Crippen LogP contribution in [0.4, 0.5) is 5.69 Å². The molecule has 1 aliphatic heterocycles. The molecule has 7 heteroatoms. The number of nitrogens with one attached hydrogen (secondary N) is 1. The standard InChI is InChI=1S/C26H28N6O/c1-30(2)26(33)19-6-4-18(5-7-19)23-17-29-25-22(23)14-20(15-28-25)24-9-8-21(16-27-24)32-12-10-31(3)11-13-32/h4-9,14-17H,10-13H2,1-3H3,(H,28,29). The Bertz CT molecular complexity index is 1270. The molecule has 1 fully saturated rings. The van der Waals surface area contributed by atoms with E-state index in [9.17, 15) is 4.79 Å². The van der Waals surface area contributed by atoms with Gasteiger partial charge < -0.3 is 19.7 Å². The van der Waals surface area contributed by atoms with Crippen molar-refractivity contribution in [2.75, 3.05) is 52.2 Å². The fourth-order valence-corrected chi connectivity index (χ4v) is 4.24. The van der Waals surface area contributed by atoms with Gasteiger partial charge in [-0.05, 0) is 42.9 Å². The molecule has 0 atom stereocenters. The van der Waals surface area contributed by atoms with E-state index in [1.807, 2.05) is 42.9 Å². The van der Waals surface area contributed by atoms with Crippen LogP contribution in [0.25, 0.3) is 33.4 Å². The lowest BCUT2D eigenvalue weighted by Crippen LogP contribution is -2.44. The lowest BCUT2D eigenvalue weighted by atomic mass is 10.0. The van der Waals surface area contributed by atoms with Gasteiger partial charge in [0.15, 0.2) is 0 Å². The Kier molecular flexibility index (Phi) is 5.56. The summed E-state index contributed by atoms with van der Waals surface area (Å²) in [6.45, 7) is 4.19. The number of hydrogen-bond acceptors (Lipinski definition) is 5. The Morgan fingerprint density at radius 1 is 0.939 bits per heavy atom. The highest BCUT2D eigenvalue weighted by molar-refractivity contribution is 5.97. The number of H-pyrrole nitrogens is 1. The average Bonchev–Trinajstić information content (AvgIpc) is 3.27. The van der Waals surface area contributed by atoms with Gasteiger partial charge in [0.25, 0.3) is 5.91 Å². The maximum absolute atomic E-state index is 12.2. The molecule has 168 valence electrons. The number of rotatable bonds is 4. The fraction of sp³-hybridized carbons (Fsp3) is 0.269. The molecule has 1 N–H and O–H groups in total. The molecule has 1 aliphatic rings. The number of carbonyl (C=O) groups is 1. The van der Waals surface area contributed by atoms with Crippen LogP contribution in [0.5, 0.6) is 0 Å². The van der Waals surface area contributed by atoms with E-state index in [0.717, 1.165) is 65.3 Å². The summed E-state index contributed by atoms with van der Waals surface area (Å²) in [5, 5.41) is 1.03. The van der Waals surface area contributed by atoms with E-state index in [2.05, 4.69) is 45.0 Å². The van der Waals surface area contributed by atoms with Crippen molar-refractivity contribution in [1.29, 1.82) is 0 Å². The van der Waals surface area contributed by atoms with Gasteiger partial charge in [-0.3, -0.25) is 9.78 Å². The van der Waals surface area contributed by atoms with Crippen molar-refractivity contribution in [2.45, 2.75) is 0 Å². The number of likely N-dealkylation sites (N-methyl/N-ethyl adjacent to an activating group) is 1. The van der Waals surface area contributed by atoms with E-state index in [4.69, 9.17) is 4.98 Å². The van der Waals surface area contributed by atoms with Gasteiger partial charge in [-0.15, -0.1) is 0 Å². The van der Waals surface area contributed by atoms with Crippen molar-refractivity contribution in [3.8, 4) is 22.4 Å². The first-order chi connectivity index (χ1) is 16.0. The van der Waals surface area contributed by atoms with E-state index < -0.39 is 0 Å². The average molecular weight is 441 g/mol. The van der Waals surface area contributed by atoms with Crippen LogP contribution in [0.15, 0.2) is 61.1 Å². The van der Waals surface area contributed by atoms with E-state index in [1.54, 1.807) is 19.0 Å². The third kappa shape index (κ3) is 4.19. The Morgan fingerprint density at radius 3 is 2.36 bits per heavy atom. The predicted octanol–water partition coefficient (Wildman–Crippen LogP) is 3.75. The third-order valence-electron chi connectivity index (χ3n) is 6.29. The number of fused-ring (bicyclic) bond motifs is 1. The zero-order valence-corrected chi connectivity index (χ0v) is 19.2. The molecule has 0 aliphatic carbocycles. The van der Waals surface area contributed by atoms with Gasteiger partial charge in [0.05, 0.1) is 17.6 Å². The summed E-state index contributed by atoms with van der Waals surface area (Å²) in [4.78, 5) is 31.1. The minimum absolute atomic E-state index is 0.00414. The minimum atomic E-state index is -0.00414. The van der Waals surface area contributed by atoms with Crippen molar-refractivity contribution >= 4 is 22.6 Å². The van der Waals surface area contributed by atoms with Crippen molar-refractivity contribution in [3.63, 3.8) is 0 Å². The van der Waals surface area contributed by atoms with E-state index in [-0.39, 0.29) is 5.91 Å². The first-order valence-corrected chi connectivity index (χ1v) is 11.2. The molecule has 4 aromatic rings. The highest BCUT2D eigenvalue weighted by atomic mass is 16.2. The van der Waals surface area contributed by atoms with Gasteiger partial charge in [0, 0.05) is 74.7 Å². The molecule has 0 spiro atoms. The molecular weight excluding hydrogens is 412 g/mol. The number of carbonyl (C=O) groups excluding carboxylic acids is 1. The molecule has 0 radical (unpaired) electrons. The second-order valence-corrected chi connectivity index (χ2v) is 8.79. The van der Waals surface area contributed by atoms with Crippen LogP contribution >= 0.6 is 0 Å². The van der Waals surface area contributed by atoms with Crippen LogP contribution in [-0.2, 0) is 0 Å². The molecule has 1 amide bonds. The number of pyridine rings is 2. The van der Waals surface area contributed by atoms with Gasteiger partial charge in [-0.2, -0.15) is 0 Å². The number of piperazine rings is 1. The Morgan fingerprint density at radius 2 is 1.70 bits per heavy atom. The minimum Gasteiger partial charge on any atom is -0.368 e.